The summed E-state index contributed by atoms with van der Waals surface area (Å²) in [5.41, 5.74) is 3.52. The average molecular weight is 520 g/mol. The molecule has 0 radical (unpaired) electrons. The number of alkyl halides is 3. The van der Waals surface area contributed by atoms with Crippen LogP contribution in [0.1, 0.15) is 31.5 Å². The molecule has 0 bridgehead atoms. The first-order chi connectivity index (χ1) is 14.4. The van der Waals surface area contributed by atoms with Crippen LogP contribution in [0.25, 0.3) is 22.6 Å². The molecule has 0 unspecified atom stereocenters. The SMILES string of the molecule is CCS(=O)(=O)c1cc(Br)c(N)nc1-c1nc2cc(C(F)(F)F)n(C3CC3)c(=O)c2n1C. The Bertz CT molecular complexity index is 1390. The van der Waals surface area contributed by atoms with Crippen molar-refractivity contribution in [3.05, 3.63) is 32.7 Å². The number of pyridine rings is 2. The second-order valence-corrected chi connectivity index (χ2v) is 10.4. The van der Waals surface area contributed by atoms with Gasteiger partial charge in [-0.3, -0.25) is 9.36 Å². The average Bonchev–Trinajstić information content (AvgIpc) is 3.45. The van der Waals surface area contributed by atoms with Gasteiger partial charge < -0.3 is 10.3 Å². The van der Waals surface area contributed by atoms with Gasteiger partial charge in [0, 0.05) is 13.1 Å². The Balaban J connectivity index is 2.09. The van der Waals surface area contributed by atoms with Crippen molar-refractivity contribution in [1.82, 2.24) is 19.1 Å². The Kier molecular flexibility index (Phi) is 4.96. The van der Waals surface area contributed by atoms with Crippen LogP contribution in [0.2, 0.25) is 0 Å². The molecule has 3 aromatic rings. The minimum absolute atomic E-state index is 0.0246. The number of nitrogen functional groups attached to an aromatic ring is 1. The number of anilines is 1. The van der Waals surface area contributed by atoms with E-state index < -0.39 is 33.3 Å². The smallest absolute Gasteiger partial charge is 0.383 e. The molecule has 31 heavy (non-hydrogen) atoms. The van der Waals surface area contributed by atoms with E-state index in [0.717, 1.165) is 10.6 Å². The van der Waals surface area contributed by atoms with E-state index in [9.17, 15) is 26.4 Å². The van der Waals surface area contributed by atoms with Gasteiger partial charge in [-0.25, -0.2) is 18.4 Å². The molecule has 166 valence electrons. The summed E-state index contributed by atoms with van der Waals surface area (Å²) < 4.78 is 68.4. The molecule has 1 saturated carbocycles. The largest absolute Gasteiger partial charge is 0.431 e. The van der Waals surface area contributed by atoms with Gasteiger partial charge in [-0.2, -0.15) is 13.2 Å². The van der Waals surface area contributed by atoms with Gasteiger partial charge in [0.15, 0.2) is 15.7 Å². The standard InChI is InChI=1S/C18H17BrF3N5O3S/c1-3-31(29,30)11-6-9(19)15(23)25-13(11)16-24-10-7-12(18(20,21)22)27(8-4-5-8)17(28)14(10)26(16)2/h6-8H,3-5H2,1-2H3,(H2,23,25). The third-order valence-corrected chi connectivity index (χ3v) is 7.55. The fourth-order valence-electron chi connectivity index (χ4n) is 3.46. The summed E-state index contributed by atoms with van der Waals surface area (Å²) in [6.07, 6.45) is -3.80. The number of nitrogens with two attached hydrogens (primary N) is 1. The van der Waals surface area contributed by atoms with Crippen molar-refractivity contribution in [2.75, 3.05) is 11.5 Å². The number of imidazole rings is 1. The number of hydrogen-bond acceptors (Lipinski definition) is 6. The molecule has 13 heteroatoms. The third kappa shape index (κ3) is 3.53. The second-order valence-electron chi connectivity index (χ2n) is 7.27. The summed E-state index contributed by atoms with van der Waals surface area (Å²) in [6, 6.07) is 1.57. The fourth-order valence-corrected chi connectivity index (χ4v) is 4.97. The van der Waals surface area contributed by atoms with Crippen molar-refractivity contribution < 1.29 is 21.6 Å². The van der Waals surface area contributed by atoms with Gasteiger partial charge in [-0.05, 0) is 40.9 Å². The van der Waals surface area contributed by atoms with E-state index in [0.29, 0.717) is 12.8 Å². The Morgan fingerprint density at radius 2 is 1.90 bits per heavy atom. The van der Waals surface area contributed by atoms with E-state index in [2.05, 4.69) is 25.9 Å². The van der Waals surface area contributed by atoms with Crippen LogP contribution in [0.5, 0.6) is 0 Å². The maximum Gasteiger partial charge on any atom is 0.431 e. The van der Waals surface area contributed by atoms with E-state index in [1.54, 1.807) is 0 Å². The van der Waals surface area contributed by atoms with E-state index in [4.69, 9.17) is 5.73 Å². The minimum Gasteiger partial charge on any atom is -0.383 e. The zero-order valence-corrected chi connectivity index (χ0v) is 18.8. The first kappa shape index (κ1) is 21.8. The van der Waals surface area contributed by atoms with Crippen molar-refractivity contribution in [1.29, 1.82) is 0 Å². The molecular weight excluding hydrogens is 503 g/mol. The van der Waals surface area contributed by atoms with Gasteiger partial charge in [-0.15, -0.1) is 0 Å². The van der Waals surface area contributed by atoms with Gasteiger partial charge in [0.1, 0.15) is 22.7 Å². The molecule has 1 aliphatic carbocycles. The summed E-state index contributed by atoms with van der Waals surface area (Å²) in [7, 11) is -2.36. The highest BCUT2D eigenvalue weighted by Gasteiger charge is 2.40. The molecule has 0 amide bonds. The van der Waals surface area contributed by atoms with Gasteiger partial charge in [0.25, 0.3) is 5.56 Å². The van der Waals surface area contributed by atoms with Crippen molar-refractivity contribution in [3.63, 3.8) is 0 Å². The van der Waals surface area contributed by atoms with Crippen LogP contribution in [0.15, 0.2) is 26.3 Å². The normalized spacial score (nSPS) is 15.0. The lowest BCUT2D eigenvalue weighted by molar-refractivity contribution is -0.144. The van der Waals surface area contributed by atoms with E-state index in [1.165, 1.54) is 24.6 Å². The number of hydrogen-bond donors (Lipinski definition) is 1. The van der Waals surface area contributed by atoms with Crippen LogP contribution in [0, 0.1) is 0 Å². The minimum atomic E-state index is -4.75. The summed E-state index contributed by atoms with van der Waals surface area (Å²) >= 11 is 3.15. The molecule has 3 heterocycles. The number of halogens is 4. The van der Waals surface area contributed by atoms with Crippen LogP contribution in [-0.4, -0.2) is 33.3 Å². The molecule has 1 aliphatic rings. The Morgan fingerprint density at radius 1 is 1.26 bits per heavy atom. The first-order valence-electron chi connectivity index (χ1n) is 9.25. The Morgan fingerprint density at radius 3 is 2.45 bits per heavy atom. The molecular formula is C18H17BrF3N5O3S. The number of fused-ring (bicyclic) bond motifs is 1. The molecule has 1 fully saturated rings. The molecule has 3 aromatic heterocycles. The summed E-state index contributed by atoms with van der Waals surface area (Å²) in [5.74, 6) is -0.335. The van der Waals surface area contributed by atoms with Crippen LogP contribution in [0.3, 0.4) is 0 Å². The Labute approximate surface area is 182 Å². The number of rotatable bonds is 4. The van der Waals surface area contributed by atoms with Crippen LogP contribution in [0.4, 0.5) is 19.0 Å². The number of aromatic nitrogens is 4. The van der Waals surface area contributed by atoms with E-state index >= 15 is 0 Å². The number of sulfone groups is 1. The zero-order valence-electron chi connectivity index (χ0n) is 16.4. The van der Waals surface area contributed by atoms with Gasteiger partial charge >= 0.3 is 6.18 Å². The van der Waals surface area contributed by atoms with Gasteiger partial charge in [-0.1, -0.05) is 6.92 Å². The summed E-state index contributed by atoms with van der Waals surface area (Å²) in [6.45, 7) is 1.45. The maximum atomic E-state index is 13.6. The van der Waals surface area contributed by atoms with Gasteiger partial charge in [0.2, 0.25) is 0 Å². The fraction of sp³-hybridized carbons (Fsp3) is 0.389. The zero-order chi connectivity index (χ0) is 22.9. The molecule has 2 N–H and O–H groups in total. The van der Waals surface area contributed by atoms with Crippen molar-refractivity contribution in [3.8, 4) is 11.5 Å². The summed E-state index contributed by atoms with van der Waals surface area (Å²) in [4.78, 5) is 21.1. The molecule has 4 rings (SSSR count). The molecule has 0 saturated heterocycles. The quantitative estimate of drug-likeness (QED) is 0.565. The summed E-state index contributed by atoms with van der Waals surface area (Å²) in [5, 5.41) is 0. The number of nitrogens with zero attached hydrogens (tertiary/aromatic N) is 4. The molecule has 0 atom stereocenters. The van der Waals surface area contributed by atoms with Crippen LogP contribution < -0.4 is 11.3 Å². The predicted molar refractivity (Wildman–Crippen MR) is 111 cm³/mol. The van der Waals surface area contributed by atoms with Crippen molar-refractivity contribution in [2.24, 2.45) is 7.05 Å². The Hall–Kier alpha value is -2.41. The molecule has 8 nitrogen and oxygen atoms in total. The van der Waals surface area contributed by atoms with E-state index in [-0.39, 0.29) is 43.5 Å². The van der Waals surface area contributed by atoms with Crippen LogP contribution in [-0.2, 0) is 23.1 Å². The second kappa shape index (κ2) is 7.05. The molecule has 0 spiro atoms. The molecule has 0 aliphatic heterocycles. The lowest BCUT2D eigenvalue weighted by Gasteiger charge is -2.15. The monoisotopic (exact) mass is 519 g/mol. The van der Waals surface area contributed by atoms with E-state index in [1.807, 2.05) is 0 Å². The first-order valence-corrected chi connectivity index (χ1v) is 11.7. The third-order valence-electron chi connectivity index (χ3n) is 5.17. The van der Waals surface area contributed by atoms with Gasteiger partial charge in [0.05, 0.1) is 20.6 Å². The highest BCUT2D eigenvalue weighted by atomic mass is 79.9. The molecule has 0 aromatic carbocycles. The van der Waals surface area contributed by atoms with Crippen molar-refractivity contribution in [2.45, 2.75) is 36.9 Å². The topological polar surface area (TPSA) is 113 Å². The lowest BCUT2D eigenvalue weighted by atomic mass is 10.2. The highest BCUT2D eigenvalue weighted by molar-refractivity contribution is 9.10. The highest BCUT2D eigenvalue weighted by Crippen LogP contribution is 2.40. The lowest BCUT2D eigenvalue weighted by Crippen LogP contribution is -2.28. The maximum absolute atomic E-state index is 13.6. The predicted octanol–water partition coefficient (Wildman–Crippen LogP) is 3.29. The number of aryl methyl sites for hydroxylation is 1. The van der Waals surface area contributed by atoms with Crippen LogP contribution >= 0.6 is 15.9 Å². The van der Waals surface area contributed by atoms with Crippen molar-refractivity contribution >= 4 is 42.6 Å².